The maximum atomic E-state index is 12.2. The monoisotopic (exact) mass is 368 g/mol. The Kier molecular flexibility index (Phi) is 7.43. The number of benzene rings is 2. The average molecular weight is 368 g/mol. The lowest BCUT2D eigenvalue weighted by atomic mass is 10.1. The molecule has 0 aliphatic heterocycles. The van der Waals surface area contributed by atoms with Crippen molar-refractivity contribution < 1.29 is 19.1 Å². The summed E-state index contributed by atoms with van der Waals surface area (Å²) in [5.41, 5.74) is 1.65. The van der Waals surface area contributed by atoms with Gasteiger partial charge in [0.2, 0.25) is 5.91 Å². The second-order valence-corrected chi connectivity index (χ2v) is 5.71. The van der Waals surface area contributed by atoms with E-state index in [-0.39, 0.29) is 11.8 Å². The topological polar surface area (TPSA) is 76.7 Å². The molecule has 27 heavy (non-hydrogen) atoms. The third-order valence-corrected chi connectivity index (χ3v) is 3.73. The second kappa shape index (κ2) is 10.0. The number of nitrogens with one attached hydrogen (secondary N) is 2. The molecular weight excluding hydrogens is 344 g/mol. The highest BCUT2D eigenvalue weighted by Gasteiger charge is 2.10. The highest BCUT2D eigenvalue weighted by Crippen LogP contribution is 2.28. The summed E-state index contributed by atoms with van der Waals surface area (Å²) >= 11 is 0. The van der Waals surface area contributed by atoms with Crippen molar-refractivity contribution in [1.29, 1.82) is 0 Å². The Hall–Kier alpha value is -3.28. The van der Waals surface area contributed by atoms with Gasteiger partial charge in [-0.25, -0.2) is 0 Å². The van der Waals surface area contributed by atoms with E-state index in [1.165, 1.54) is 6.08 Å². The number of ether oxygens (including phenoxy) is 2. The van der Waals surface area contributed by atoms with Crippen molar-refractivity contribution in [2.45, 2.75) is 13.3 Å². The standard InChI is InChI=1S/C21H24N2O4/c1-4-13-27-18-11-9-15(14-19(18)26-3)10-12-20(24)23-17-8-6-5-7-16(17)21(25)22-2/h5-12,14H,4,13H2,1-3H3,(H,22,25)(H,23,24)/b12-10+. The van der Waals surface area contributed by atoms with Crippen LogP contribution in [0.1, 0.15) is 29.3 Å². The second-order valence-electron chi connectivity index (χ2n) is 5.71. The summed E-state index contributed by atoms with van der Waals surface area (Å²) in [5.74, 6) is 0.676. The first-order valence-electron chi connectivity index (χ1n) is 8.70. The van der Waals surface area contributed by atoms with Gasteiger partial charge in [-0.05, 0) is 42.3 Å². The molecule has 142 valence electrons. The lowest BCUT2D eigenvalue weighted by Crippen LogP contribution is -2.20. The number of hydrogen-bond donors (Lipinski definition) is 2. The molecule has 0 spiro atoms. The van der Waals surface area contributed by atoms with Crippen LogP contribution in [0.15, 0.2) is 48.5 Å². The Labute approximate surface area is 159 Å². The largest absolute Gasteiger partial charge is 0.493 e. The number of hydrogen-bond acceptors (Lipinski definition) is 4. The van der Waals surface area contributed by atoms with Gasteiger partial charge in [-0.3, -0.25) is 9.59 Å². The van der Waals surface area contributed by atoms with E-state index < -0.39 is 0 Å². The fourth-order valence-electron chi connectivity index (χ4n) is 2.39. The van der Waals surface area contributed by atoms with E-state index in [0.717, 1.165) is 12.0 Å². The van der Waals surface area contributed by atoms with E-state index in [4.69, 9.17) is 9.47 Å². The molecular formula is C21H24N2O4. The molecule has 0 aliphatic carbocycles. The van der Waals surface area contributed by atoms with Crippen LogP contribution in [-0.4, -0.2) is 32.6 Å². The molecule has 6 heteroatoms. The first kappa shape index (κ1) is 20.0. The van der Waals surface area contributed by atoms with Gasteiger partial charge in [-0.1, -0.05) is 25.1 Å². The number of para-hydroxylation sites is 1. The smallest absolute Gasteiger partial charge is 0.253 e. The van der Waals surface area contributed by atoms with Gasteiger partial charge in [0.05, 0.1) is 25.0 Å². The molecule has 0 bridgehead atoms. The zero-order valence-electron chi connectivity index (χ0n) is 15.7. The molecule has 0 aliphatic rings. The Morgan fingerprint density at radius 2 is 1.89 bits per heavy atom. The first-order chi connectivity index (χ1) is 13.1. The van der Waals surface area contributed by atoms with Crippen LogP contribution < -0.4 is 20.1 Å². The molecule has 0 fully saturated rings. The van der Waals surface area contributed by atoms with E-state index in [2.05, 4.69) is 10.6 Å². The van der Waals surface area contributed by atoms with Crippen LogP contribution in [0.3, 0.4) is 0 Å². The lowest BCUT2D eigenvalue weighted by Gasteiger charge is -2.10. The zero-order chi connectivity index (χ0) is 19.6. The summed E-state index contributed by atoms with van der Waals surface area (Å²) in [5, 5.41) is 5.27. The Morgan fingerprint density at radius 1 is 1.11 bits per heavy atom. The molecule has 2 aromatic rings. The minimum Gasteiger partial charge on any atom is -0.493 e. The molecule has 0 saturated carbocycles. The van der Waals surface area contributed by atoms with Crippen molar-refractivity contribution in [1.82, 2.24) is 5.32 Å². The molecule has 0 unspecified atom stereocenters. The molecule has 2 aromatic carbocycles. The van der Waals surface area contributed by atoms with Crippen LogP contribution in [0, 0.1) is 0 Å². The Balaban J connectivity index is 2.10. The van der Waals surface area contributed by atoms with Gasteiger partial charge in [0, 0.05) is 13.1 Å². The number of anilines is 1. The first-order valence-corrected chi connectivity index (χ1v) is 8.70. The normalized spacial score (nSPS) is 10.5. The molecule has 0 aromatic heterocycles. The maximum absolute atomic E-state index is 12.2. The van der Waals surface area contributed by atoms with Gasteiger partial charge in [-0.2, -0.15) is 0 Å². The summed E-state index contributed by atoms with van der Waals surface area (Å²) in [6, 6.07) is 12.3. The Bertz CT molecular complexity index is 831. The minimum atomic E-state index is -0.336. The van der Waals surface area contributed by atoms with Gasteiger partial charge in [0.25, 0.3) is 5.91 Å². The predicted octanol–water partition coefficient (Wildman–Crippen LogP) is 3.50. The molecule has 0 saturated heterocycles. The minimum absolute atomic E-state index is 0.262. The summed E-state index contributed by atoms with van der Waals surface area (Å²) in [6.45, 7) is 2.64. The van der Waals surface area contributed by atoms with Crippen LogP contribution in [-0.2, 0) is 4.79 Å². The lowest BCUT2D eigenvalue weighted by molar-refractivity contribution is -0.111. The highest BCUT2D eigenvalue weighted by atomic mass is 16.5. The fourth-order valence-corrected chi connectivity index (χ4v) is 2.39. The SMILES string of the molecule is CCCOc1ccc(/C=C/C(=O)Nc2ccccc2C(=O)NC)cc1OC. The van der Waals surface area contributed by atoms with E-state index in [0.29, 0.717) is 29.4 Å². The number of amides is 2. The van der Waals surface area contributed by atoms with Gasteiger partial charge in [0.1, 0.15) is 0 Å². The van der Waals surface area contributed by atoms with Crippen LogP contribution in [0.5, 0.6) is 11.5 Å². The van der Waals surface area contributed by atoms with Crippen molar-refractivity contribution >= 4 is 23.6 Å². The predicted molar refractivity (Wildman–Crippen MR) is 106 cm³/mol. The van der Waals surface area contributed by atoms with Gasteiger partial charge in [0.15, 0.2) is 11.5 Å². The summed E-state index contributed by atoms with van der Waals surface area (Å²) in [4.78, 5) is 24.1. The summed E-state index contributed by atoms with van der Waals surface area (Å²) in [6.07, 6.45) is 3.98. The average Bonchev–Trinajstić information content (AvgIpc) is 2.70. The van der Waals surface area contributed by atoms with E-state index in [1.54, 1.807) is 50.6 Å². The summed E-state index contributed by atoms with van der Waals surface area (Å²) in [7, 11) is 3.12. The zero-order valence-corrected chi connectivity index (χ0v) is 15.7. The third-order valence-electron chi connectivity index (χ3n) is 3.73. The maximum Gasteiger partial charge on any atom is 0.253 e. The number of carbonyl (C=O) groups excluding carboxylic acids is 2. The van der Waals surface area contributed by atoms with Gasteiger partial charge < -0.3 is 20.1 Å². The molecule has 0 heterocycles. The number of rotatable bonds is 8. The van der Waals surface area contributed by atoms with Gasteiger partial charge in [-0.15, -0.1) is 0 Å². The molecule has 0 radical (unpaired) electrons. The molecule has 2 N–H and O–H groups in total. The number of methoxy groups -OCH3 is 1. The molecule has 0 atom stereocenters. The van der Waals surface area contributed by atoms with Crippen molar-refractivity contribution in [3.05, 3.63) is 59.7 Å². The van der Waals surface area contributed by atoms with Crippen molar-refractivity contribution in [3.63, 3.8) is 0 Å². The molecule has 2 amide bonds. The van der Waals surface area contributed by atoms with Crippen LogP contribution in [0.25, 0.3) is 6.08 Å². The molecule has 2 rings (SSSR count). The third kappa shape index (κ3) is 5.60. The molecule has 6 nitrogen and oxygen atoms in total. The van der Waals surface area contributed by atoms with E-state index >= 15 is 0 Å². The van der Waals surface area contributed by atoms with Gasteiger partial charge >= 0.3 is 0 Å². The quantitative estimate of drug-likeness (QED) is 0.699. The van der Waals surface area contributed by atoms with Crippen molar-refractivity contribution in [2.24, 2.45) is 0 Å². The van der Waals surface area contributed by atoms with E-state index in [9.17, 15) is 9.59 Å². The summed E-state index contributed by atoms with van der Waals surface area (Å²) < 4.78 is 11.0. The van der Waals surface area contributed by atoms with Crippen LogP contribution in [0.2, 0.25) is 0 Å². The van der Waals surface area contributed by atoms with Crippen LogP contribution >= 0.6 is 0 Å². The van der Waals surface area contributed by atoms with Crippen LogP contribution in [0.4, 0.5) is 5.69 Å². The number of carbonyl (C=O) groups is 2. The fraction of sp³-hybridized carbons (Fsp3) is 0.238. The van der Waals surface area contributed by atoms with Crippen molar-refractivity contribution in [3.8, 4) is 11.5 Å². The highest BCUT2D eigenvalue weighted by molar-refractivity contribution is 6.07. The Morgan fingerprint density at radius 3 is 2.59 bits per heavy atom. The van der Waals surface area contributed by atoms with E-state index in [1.807, 2.05) is 19.1 Å². The van der Waals surface area contributed by atoms with Crippen molar-refractivity contribution in [2.75, 3.05) is 26.1 Å².